The minimum absolute atomic E-state index is 0.164. The van der Waals surface area contributed by atoms with E-state index in [2.05, 4.69) is 30.2 Å². The van der Waals surface area contributed by atoms with Crippen LogP contribution in [-0.4, -0.2) is 77.0 Å². The van der Waals surface area contributed by atoms with Crippen LogP contribution in [0.25, 0.3) is 11.3 Å². The molecule has 0 radical (unpaired) electrons. The topological polar surface area (TPSA) is 143 Å². The molecule has 0 bridgehead atoms. The Morgan fingerprint density at radius 3 is 2.68 bits per heavy atom. The molecule has 4 heterocycles. The highest BCUT2D eigenvalue weighted by molar-refractivity contribution is 5.93. The first kappa shape index (κ1) is 26.1. The van der Waals surface area contributed by atoms with E-state index in [0.29, 0.717) is 49.7 Å². The van der Waals surface area contributed by atoms with Gasteiger partial charge in [-0.05, 0) is 31.7 Å². The molecule has 198 valence electrons. The van der Waals surface area contributed by atoms with Gasteiger partial charge in [0.25, 0.3) is 5.91 Å². The molecule has 4 rings (SSSR count). The van der Waals surface area contributed by atoms with E-state index in [-0.39, 0.29) is 17.6 Å². The number of amides is 1. The highest BCUT2D eigenvalue weighted by Crippen LogP contribution is 2.28. The number of carbonyl (C=O) groups excluding carboxylic acids is 1. The van der Waals surface area contributed by atoms with E-state index in [4.69, 9.17) is 19.9 Å². The number of methoxy groups -OCH3 is 1. The molecule has 0 spiro atoms. The van der Waals surface area contributed by atoms with E-state index in [1.165, 1.54) is 0 Å². The Balaban J connectivity index is 1.37. The number of hydrogen-bond donors (Lipinski definition) is 2. The Kier molecular flexibility index (Phi) is 8.72. The minimum Gasteiger partial charge on any atom is -0.489 e. The largest absolute Gasteiger partial charge is 0.489 e. The number of aryl methyl sites for hydroxylation is 1. The van der Waals surface area contributed by atoms with Crippen molar-refractivity contribution >= 4 is 17.5 Å². The monoisotopic (exact) mass is 510 g/mol. The third kappa shape index (κ3) is 6.85. The predicted octanol–water partition coefficient (Wildman–Crippen LogP) is 1.92. The zero-order chi connectivity index (χ0) is 26.2. The van der Waals surface area contributed by atoms with E-state index in [9.17, 15) is 4.79 Å². The third-order valence-corrected chi connectivity index (χ3v) is 6.08. The minimum atomic E-state index is -0.259. The van der Waals surface area contributed by atoms with E-state index in [0.717, 1.165) is 37.2 Å². The number of pyridine rings is 1. The number of ether oxygens (including phenoxy) is 3. The number of carbonyl (C=O) groups is 1. The zero-order valence-corrected chi connectivity index (χ0v) is 21.5. The fourth-order valence-electron chi connectivity index (χ4n) is 4.03. The van der Waals surface area contributed by atoms with Crippen LogP contribution in [0.15, 0.2) is 30.9 Å². The molecule has 1 saturated heterocycles. The van der Waals surface area contributed by atoms with Crippen LogP contribution in [-0.2, 0) is 11.8 Å². The maximum absolute atomic E-state index is 12.4. The van der Waals surface area contributed by atoms with Crippen LogP contribution in [0.1, 0.15) is 30.3 Å². The van der Waals surface area contributed by atoms with Crippen molar-refractivity contribution in [3.63, 3.8) is 0 Å². The summed E-state index contributed by atoms with van der Waals surface area (Å²) in [5.74, 6) is 1.67. The predicted molar refractivity (Wildman–Crippen MR) is 139 cm³/mol. The molecule has 3 aromatic rings. The van der Waals surface area contributed by atoms with Gasteiger partial charge in [0.2, 0.25) is 0 Å². The van der Waals surface area contributed by atoms with Gasteiger partial charge in [0.05, 0.1) is 25.2 Å². The van der Waals surface area contributed by atoms with Gasteiger partial charge in [0, 0.05) is 57.8 Å². The van der Waals surface area contributed by atoms with Crippen molar-refractivity contribution in [2.45, 2.75) is 19.8 Å². The number of nitrogens with one attached hydrogen (secondary N) is 1. The summed E-state index contributed by atoms with van der Waals surface area (Å²) in [6.45, 7) is 5.13. The molecule has 1 aliphatic heterocycles. The fourth-order valence-corrected chi connectivity index (χ4v) is 4.03. The number of hydrogen-bond acceptors (Lipinski definition) is 10. The molecule has 0 unspecified atom stereocenters. The zero-order valence-electron chi connectivity index (χ0n) is 21.5. The van der Waals surface area contributed by atoms with Gasteiger partial charge in [0.15, 0.2) is 11.6 Å². The second-order valence-corrected chi connectivity index (χ2v) is 8.87. The Hall–Kier alpha value is -3.93. The first-order chi connectivity index (χ1) is 18.0. The number of nitrogen functional groups attached to an aromatic ring is 1. The van der Waals surface area contributed by atoms with Crippen molar-refractivity contribution in [1.29, 1.82) is 0 Å². The molecule has 0 aromatic carbocycles. The highest BCUT2D eigenvalue weighted by Gasteiger charge is 2.23. The number of anilines is 2. The maximum Gasteiger partial charge on any atom is 0.319 e. The Morgan fingerprint density at radius 1 is 1.16 bits per heavy atom. The Morgan fingerprint density at radius 2 is 1.97 bits per heavy atom. The quantitative estimate of drug-likeness (QED) is 0.367. The van der Waals surface area contributed by atoms with E-state index in [1.807, 2.05) is 30.8 Å². The summed E-state index contributed by atoms with van der Waals surface area (Å²) in [6, 6.07) is 3.76. The lowest BCUT2D eigenvalue weighted by Gasteiger charge is -2.32. The lowest BCUT2D eigenvalue weighted by Crippen LogP contribution is -2.36. The number of rotatable bonds is 11. The highest BCUT2D eigenvalue weighted by atomic mass is 16.5. The molecular weight excluding hydrogens is 476 g/mol. The standard InChI is InChI=1S/C25H34N8O4/c1-4-27-24(34)19-12-22(31-25(30-19)36-10-9-35-3)33-7-5-17(6-8-33)15-37-21-11-18(13-28-23(21)26)20-14-32(2)16-29-20/h11-14,16-17H,4-10,15H2,1-3H3,(H2,26,28)(H,27,34). The van der Waals surface area contributed by atoms with Crippen LogP contribution < -0.4 is 25.4 Å². The van der Waals surface area contributed by atoms with Gasteiger partial charge in [-0.1, -0.05) is 0 Å². The molecule has 12 heteroatoms. The average Bonchev–Trinajstić information content (AvgIpc) is 3.35. The van der Waals surface area contributed by atoms with Gasteiger partial charge >= 0.3 is 6.01 Å². The molecule has 1 aliphatic rings. The molecule has 12 nitrogen and oxygen atoms in total. The van der Waals surface area contributed by atoms with Gasteiger partial charge < -0.3 is 34.7 Å². The smallest absolute Gasteiger partial charge is 0.319 e. The van der Waals surface area contributed by atoms with E-state index in [1.54, 1.807) is 25.7 Å². The summed E-state index contributed by atoms with van der Waals surface area (Å²) in [5, 5.41) is 2.78. The molecule has 1 fully saturated rings. The van der Waals surface area contributed by atoms with Crippen molar-refractivity contribution in [2.75, 3.05) is 57.2 Å². The van der Waals surface area contributed by atoms with Gasteiger partial charge in [-0.2, -0.15) is 9.97 Å². The summed E-state index contributed by atoms with van der Waals surface area (Å²) in [5.41, 5.74) is 8.02. The van der Waals surface area contributed by atoms with E-state index < -0.39 is 0 Å². The van der Waals surface area contributed by atoms with Crippen molar-refractivity contribution in [3.05, 3.63) is 36.5 Å². The third-order valence-electron chi connectivity index (χ3n) is 6.08. The lowest BCUT2D eigenvalue weighted by molar-refractivity contribution is 0.0948. The number of nitrogens with two attached hydrogens (primary N) is 1. The lowest BCUT2D eigenvalue weighted by atomic mass is 9.98. The molecular formula is C25H34N8O4. The van der Waals surface area contributed by atoms with Crippen molar-refractivity contribution in [1.82, 2.24) is 29.8 Å². The molecule has 0 saturated carbocycles. The van der Waals surface area contributed by atoms with Gasteiger partial charge in [-0.3, -0.25) is 4.79 Å². The number of aromatic nitrogens is 5. The van der Waals surface area contributed by atoms with Crippen LogP contribution in [0.3, 0.4) is 0 Å². The van der Waals surface area contributed by atoms with Crippen molar-refractivity contribution in [2.24, 2.45) is 13.0 Å². The average molecular weight is 511 g/mol. The SMILES string of the molecule is CCNC(=O)c1cc(N2CCC(COc3cc(-c4cn(C)cn4)cnc3N)CC2)nc(OCCOC)n1. The Bertz CT molecular complexity index is 1190. The first-order valence-corrected chi connectivity index (χ1v) is 12.4. The molecule has 3 aromatic heterocycles. The molecule has 37 heavy (non-hydrogen) atoms. The summed E-state index contributed by atoms with van der Waals surface area (Å²) >= 11 is 0. The van der Waals surface area contributed by atoms with E-state index >= 15 is 0 Å². The van der Waals surface area contributed by atoms with Gasteiger partial charge in [0.1, 0.15) is 18.1 Å². The maximum atomic E-state index is 12.4. The summed E-state index contributed by atoms with van der Waals surface area (Å²) in [4.78, 5) is 32.0. The first-order valence-electron chi connectivity index (χ1n) is 12.4. The normalized spacial score (nSPS) is 14.0. The number of nitrogens with zero attached hydrogens (tertiary/aromatic N) is 6. The van der Waals surface area contributed by atoms with Crippen molar-refractivity contribution < 1.29 is 19.0 Å². The fraction of sp³-hybridized carbons (Fsp3) is 0.480. The van der Waals surface area contributed by atoms with Crippen LogP contribution in [0.4, 0.5) is 11.6 Å². The van der Waals surface area contributed by atoms with Crippen LogP contribution in [0, 0.1) is 5.92 Å². The summed E-state index contributed by atoms with van der Waals surface area (Å²) < 4.78 is 18.6. The van der Waals surface area contributed by atoms with Gasteiger partial charge in [-0.15, -0.1) is 0 Å². The van der Waals surface area contributed by atoms with Crippen LogP contribution in [0.2, 0.25) is 0 Å². The second-order valence-electron chi connectivity index (χ2n) is 8.87. The molecule has 1 amide bonds. The summed E-state index contributed by atoms with van der Waals surface area (Å²) in [6.07, 6.45) is 7.16. The second kappa shape index (κ2) is 12.3. The van der Waals surface area contributed by atoms with Crippen LogP contribution >= 0.6 is 0 Å². The molecule has 3 N–H and O–H groups in total. The van der Waals surface area contributed by atoms with Crippen LogP contribution in [0.5, 0.6) is 11.8 Å². The Labute approximate surface area is 216 Å². The number of imidazole rings is 1. The van der Waals surface area contributed by atoms with Gasteiger partial charge in [-0.25, -0.2) is 9.97 Å². The molecule has 0 atom stereocenters. The van der Waals surface area contributed by atoms with Crippen molar-refractivity contribution in [3.8, 4) is 23.0 Å². The summed E-state index contributed by atoms with van der Waals surface area (Å²) in [7, 11) is 3.51. The molecule has 0 aliphatic carbocycles. The number of piperidine rings is 1.